The number of ether oxygens (including phenoxy) is 1. The molecule has 84 valence electrons. The van der Waals surface area contributed by atoms with Gasteiger partial charge in [0.25, 0.3) is 0 Å². The van der Waals surface area contributed by atoms with Gasteiger partial charge in [0, 0.05) is 0 Å². The summed E-state index contributed by atoms with van der Waals surface area (Å²) in [5.74, 6) is 0.0514. The first-order valence-corrected chi connectivity index (χ1v) is 9.78. The molecular weight excluding hydrogens is 330 g/mol. The molecule has 2 rings (SSSR count). The van der Waals surface area contributed by atoms with Gasteiger partial charge in [-0.15, -0.1) is 0 Å². The second-order valence-corrected chi connectivity index (χ2v) is 10.9. The van der Waals surface area contributed by atoms with Gasteiger partial charge in [-0.2, -0.15) is 0 Å². The number of methoxy groups -OCH3 is 1. The summed E-state index contributed by atoms with van der Waals surface area (Å²) >= 11 is 3.50. The summed E-state index contributed by atoms with van der Waals surface area (Å²) in [7, 11) is 1.38. The summed E-state index contributed by atoms with van der Waals surface area (Å²) in [5, 5.41) is 0. The molecule has 1 saturated heterocycles. The van der Waals surface area contributed by atoms with Gasteiger partial charge in [-0.3, -0.25) is 0 Å². The van der Waals surface area contributed by atoms with Gasteiger partial charge in [-0.1, -0.05) is 0 Å². The van der Waals surface area contributed by atoms with Gasteiger partial charge in [-0.25, -0.2) is 0 Å². The number of rotatable bonds is 2. The van der Waals surface area contributed by atoms with E-state index in [-0.39, 0.29) is 5.97 Å². The Balaban J connectivity index is 2.47. The predicted octanol–water partition coefficient (Wildman–Crippen LogP) is 2.01. The number of carbonyl (C=O) groups is 1. The molecule has 1 spiro atoms. The molecule has 0 aliphatic carbocycles. The number of hydrogen-bond acceptors (Lipinski definition) is 3. The third kappa shape index (κ3) is 1.79. The van der Waals surface area contributed by atoms with Crippen LogP contribution in [0.15, 0.2) is 21.3 Å². The Morgan fingerprint density at radius 2 is 2.47 bits per heavy atom. The molecule has 15 heavy (non-hydrogen) atoms. The van der Waals surface area contributed by atoms with Crippen LogP contribution in [0, 0.1) is 0 Å². The second-order valence-electron chi connectivity index (χ2n) is 3.10. The van der Waals surface area contributed by atoms with E-state index >= 15 is 0 Å². The van der Waals surface area contributed by atoms with Crippen molar-refractivity contribution in [2.75, 3.05) is 24.0 Å². The Hall–Kier alpha value is -0.200. The fourth-order valence-electron chi connectivity index (χ4n) is 1.56. The number of allylic oxidation sites excluding steroid dienone is 2. The summed E-state index contributed by atoms with van der Waals surface area (Å²) in [6.07, 6.45) is 3.66. The van der Waals surface area contributed by atoms with Gasteiger partial charge in [0.1, 0.15) is 0 Å². The minimum absolute atomic E-state index is 0.312. The Morgan fingerprint density at radius 1 is 1.73 bits per heavy atom. The van der Waals surface area contributed by atoms with E-state index in [1.54, 1.807) is 6.08 Å². The molecule has 1 fully saturated rings. The third-order valence-electron chi connectivity index (χ3n) is 2.37. The normalized spacial score (nSPS) is 32.9. The molecule has 1 atom stereocenters. The van der Waals surface area contributed by atoms with Crippen LogP contribution in [-0.2, 0) is 12.6 Å². The SMILES string of the molecule is COC(=O)C1=C(CCl)I2(=CC=C1)CCO2. The number of halogens is 2. The van der Waals surface area contributed by atoms with Crippen molar-refractivity contribution in [1.82, 2.24) is 0 Å². The van der Waals surface area contributed by atoms with E-state index in [1.165, 1.54) is 7.11 Å². The third-order valence-corrected chi connectivity index (χ3v) is 11.4. The predicted molar refractivity (Wildman–Crippen MR) is 69.8 cm³/mol. The van der Waals surface area contributed by atoms with Crippen molar-refractivity contribution in [3.8, 4) is 0 Å². The van der Waals surface area contributed by atoms with Crippen LogP contribution in [0.25, 0.3) is 0 Å². The molecule has 5 heteroatoms. The van der Waals surface area contributed by atoms with Crippen molar-refractivity contribution < 1.29 is 12.6 Å². The van der Waals surface area contributed by atoms with Crippen molar-refractivity contribution in [3.05, 3.63) is 21.3 Å². The van der Waals surface area contributed by atoms with E-state index in [1.807, 2.05) is 6.08 Å². The molecule has 0 aromatic heterocycles. The summed E-state index contributed by atoms with van der Waals surface area (Å²) in [5.41, 5.74) is 0.603. The van der Waals surface area contributed by atoms with Gasteiger partial charge < -0.3 is 0 Å². The first kappa shape index (κ1) is 11.3. The Morgan fingerprint density at radius 3 is 2.93 bits per heavy atom. The average Bonchev–Trinajstić information content (AvgIpc) is 2.24. The van der Waals surface area contributed by atoms with Crippen LogP contribution in [0.4, 0.5) is 0 Å². The van der Waals surface area contributed by atoms with E-state index in [0.29, 0.717) is 11.5 Å². The molecule has 3 nitrogen and oxygen atoms in total. The van der Waals surface area contributed by atoms with E-state index in [9.17, 15) is 4.79 Å². The first-order valence-electron chi connectivity index (χ1n) is 4.51. The summed E-state index contributed by atoms with van der Waals surface area (Å²) in [4.78, 5) is 11.5. The van der Waals surface area contributed by atoms with Crippen LogP contribution in [0.3, 0.4) is 0 Å². The Kier molecular flexibility index (Phi) is 3.27. The van der Waals surface area contributed by atoms with Crippen molar-refractivity contribution in [1.29, 1.82) is 0 Å². The molecule has 2 aliphatic heterocycles. The standard InChI is InChI=1S/C10H12ClIO3/c1-14-10(13)8-3-2-4-12(5-6-15-12)9(8)7-11/h2-4H,5-7H2,1H3. The van der Waals surface area contributed by atoms with Crippen LogP contribution in [0.1, 0.15) is 0 Å². The zero-order valence-corrected chi connectivity index (χ0v) is 11.2. The maximum atomic E-state index is 11.5. The van der Waals surface area contributed by atoms with Gasteiger partial charge in [-0.05, 0) is 0 Å². The van der Waals surface area contributed by atoms with Gasteiger partial charge >= 0.3 is 97.9 Å². The molecular formula is C10H12ClIO3. The topological polar surface area (TPSA) is 35.5 Å². The van der Waals surface area contributed by atoms with Crippen LogP contribution in [0.5, 0.6) is 0 Å². The molecule has 0 aromatic carbocycles. The molecule has 0 radical (unpaired) electrons. The summed E-state index contributed by atoms with van der Waals surface area (Å²) in [6, 6.07) is 0. The molecule has 0 N–H and O–H groups in total. The quantitative estimate of drug-likeness (QED) is 0.437. The van der Waals surface area contributed by atoms with Crippen molar-refractivity contribution in [3.63, 3.8) is 0 Å². The zero-order chi connectivity index (χ0) is 10.9. The summed E-state index contributed by atoms with van der Waals surface area (Å²) in [6.45, 7) is 0.788. The fraction of sp³-hybridized carbons (Fsp3) is 0.400. The number of esters is 1. The van der Waals surface area contributed by atoms with E-state index in [4.69, 9.17) is 19.4 Å². The van der Waals surface area contributed by atoms with Crippen LogP contribution in [-0.4, -0.2) is 34.0 Å². The maximum absolute atomic E-state index is 11.5. The van der Waals surface area contributed by atoms with Crippen LogP contribution >= 0.6 is 30.0 Å². The van der Waals surface area contributed by atoms with E-state index in [2.05, 4.69) is 4.01 Å². The number of alkyl halides is 2. The van der Waals surface area contributed by atoms with Gasteiger partial charge in [0.05, 0.1) is 0 Å². The first-order chi connectivity index (χ1) is 7.23. The fourth-order valence-corrected chi connectivity index (χ4v) is 9.02. The van der Waals surface area contributed by atoms with Crippen LogP contribution < -0.4 is 0 Å². The number of hydrogen-bond donors (Lipinski definition) is 0. The minimum atomic E-state index is -2.42. The van der Waals surface area contributed by atoms with Crippen molar-refractivity contribution in [2.45, 2.75) is 0 Å². The molecule has 0 saturated carbocycles. The summed E-state index contributed by atoms with van der Waals surface area (Å²) < 4.78 is 14.6. The molecule has 0 aromatic rings. The van der Waals surface area contributed by atoms with Crippen molar-refractivity contribution >= 4 is 40.0 Å². The zero-order valence-electron chi connectivity index (χ0n) is 8.33. The van der Waals surface area contributed by atoms with Gasteiger partial charge in [0.15, 0.2) is 0 Å². The monoisotopic (exact) mass is 342 g/mol. The Bertz CT molecular complexity index is 401. The molecule has 2 heterocycles. The molecule has 0 bridgehead atoms. The van der Waals surface area contributed by atoms with Crippen LogP contribution in [0.2, 0.25) is 0 Å². The number of carbonyl (C=O) groups excluding carboxylic acids is 1. The molecule has 2 aliphatic rings. The van der Waals surface area contributed by atoms with Gasteiger partial charge in [0.2, 0.25) is 0 Å². The van der Waals surface area contributed by atoms with Crippen molar-refractivity contribution in [2.24, 2.45) is 0 Å². The molecule has 0 amide bonds. The second kappa shape index (κ2) is 4.35. The molecule has 1 unspecified atom stereocenters. The van der Waals surface area contributed by atoms with E-state index in [0.717, 1.165) is 14.6 Å². The average molecular weight is 343 g/mol. The Labute approximate surface area is 97.6 Å². The van der Waals surface area contributed by atoms with E-state index < -0.39 is 18.4 Å².